The van der Waals surface area contributed by atoms with Crippen LogP contribution in [0.2, 0.25) is 0 Å². The molecular formula is C9H7BrClF2NO. The SMILES string of the molecule is O=C(CCCl)Nc1c(F)cc(Br)cc1F. The molecule has 0 heterocycles. The Morgan fingerprint density at radius 1 is 1.40 bits per heavy atom. The smallest absolute Gasteiger partial charge is 0.225 e. The molecular weight excluding hydrogens is 291 g/mol. The first-order valence-corrected chi connectivity index (χ1v) is 5.37. The zero-order valence-corrected chi connectivity index (χ0v) is 9.83. The van der Waals surface area contributed by atoms with Crippen molar-refractivity contribution in [2.75, 3.05) is 11.2 Å². The molecule has 1 amide bonds. The van der Waals surface area contributed by atoms with Crippen LogP contribution in [0.4, 0.5) is 14.5 Å². The number of benzene rings is 1. The van der Waals surface area contributed by atoms with Crippen LogP contribution in [0.1, 0.15) is 6.42 Å². The summed E-state index contributed by atoms with van der Waals surface area (Å²) in [5, 5.41) is 2.11. The van der Waals surface area contributed by atoms with Crippen LogP contribution in [-0.2, 0) is 4.79 Å². The van der Waals surface area contributed by atoms with Gasteiger partial charge in [0.2, 0.25) is 5.91 Å². The fourth-order valence-corrected chi connectivity index (χ4v) is 1.52. The van der Waals surface area contributed by atoms with Gasteiger partial charge in [0.1, 0.15) is 5.69 Å². The minimum Gasteiger partial charge on any atom is -0.321 e. The summed E-state index contributed by atoms with van der Waals surface area (Å²) in [5.41, 5.74) is -0.451. The number of amides is 1. The molecule has 2 nitrogen and oxygen atoms in total. The lowest BCUT2D eigenvalue weighted by Gasteiger charge is -2.07. The third-order valence-corrected chi connectivity index (χ3v) is 2.24. The van der Waals surface area contributed by atoms with Crippen molar-refractivity contribution in [1.29, 1.82) is 0 Å². The molecule has 0 saturated carbocycles. The van der Waals surface area contributed by atoms with Crippen molar-refractivity contribution in [3.8, 4) is 0 Å². The highest BCUT2D eigenvalue weighted by Crippen LogP contribution is 2.23. The summed E-state index contributed by atoms with van der Waals surface area (Å²) in [7, 11) is 0. The number of rotatable bonds is 3. The van der Waals surface area contributed by atoms with Crippen LogP contribution in [0.25, 0.3) is 0 Å². The number of anilines is 1. The molecule has 0 atom stereocenters. The van der Waals surface area contributed by atoms with Crippen molar-refractivity contribution in [3.63, 3.8) is 0 Å². The van der Waals surface area contributed by atoms with E-state index in [1.54, 1.807) is 0 Å². The van der Waals surface area contributed by atoms with Gasteiger partial charge in [-0.15, -0.1) is 11.6 Å². The Labute approximate surface area is 98.7 Å². The van der Waals surface area contributed by atoms with E-state index >= 15 is 0 Å². The van der Waals surface area contributed by atoms with Crippen molar-refractivity contribution in [1.82, 2.24) is 0 Å². The molecule has 0 bridgehead atoms. The van der Waals surface area contributed by atoms with Gasteiger partial charge in [-0.25, -0.2) is 8.78 Å². The largest absolute Gasteiger partial charge is 0.321 e. The van der Waals surface area contributed by atoms with Crippen LogP contribution in [0.5, 0.6) is 0 Å². The molecule has 0 aliphatic carbocycles. The number of carbonyl (C=O) groups excluding carboxylic acids is 1. The monoisotopic (exact) mass is 297 g/mol. The molecule has 0 aliphatic heterocycles. The topological polar surface area (TPSA) is 29.1 Å². The fraction of sp³-hybridized carbons (Fsp3) is 0.222. The van der Waals surface area contributed by atoms with Gasteiger partial charge in [-0.3, -0.25) is 4.79 Å². The minimum atomic E-state index is -0.829. The molecule has 82 valence electrons. The lowest BCUT2D eigenvalue weighted by molar-refractivity contribution is -0.115. The van der Waals surface area contributed by atoms with Crippen molar-refractivity contribution in [2.24, 2.45) is 0 Å². The molecule has 0 fully saturated rings. The summed E-state index contributed by atoms with van der Waals surface area (Å²) in [4.78, 5) is 11.1. The van der Waals surface area contributed by atoms with Crippen molar-refractivity contribution >= 4 is 39.1 Å². The van der Waals surface area contributed by atoms with Crippen molar-refractivity contribution in [2.45, 2.75) is 6.42 Å². The minimum absolute atomic E-state index is 0.0104. The molecule has 1 aromatic rings. The van der Waals surface area contributed by atoms with Gasteiger partial charge in [-0.1, -0.05) is 15.9 Å². The molecule has 0 saturated heterocycles. The molecule has 15 heavy (non-hydrogen) atoms. The molecule has 0 radical (unpaired) electrons. The normalized spacial score (nSPS) is 10.1. The molecule has 0 unspecified atom stereocenters. The summed E-state index contributed by atoms with van der Waals surface area (Å²) in [5.74, 6) is -2.08. The summed E-state index contributed by atoms with van der Waals surface area (Å²) in [6, 6.07) is 2.14. The van der Waals surface area contributed by atoms with Crippen molar-refractivity contribution in [3.05, 3.63) is 28.2 Å². The predicted octanol–water partition coefficient (Wildman–Crippen LogP) is 3.29. The number of hydrogen-bond acceptors (Lipinski definition) is 1. The first-order chi connectivity index (χ1) is 7.04. The van der Waals surface area contributed by atoms with Gasteiger partial charge in [0.25, 0.3) is 0 Å². The number of carbonyl (C=O) groups is 1. The fourth-order valence-electron chi connectivity index (χ4n) is 0.949. The second-order valence-corrected chi connectivity index (χ2v) is 4.03. The van der Waals surface area contributed by atoms with Gasteiger partial charge in [0.15, 0.2) is 11.6 Å². The van der Waals surface area contributed by atoms with Crippen LogP contribution < -0.4 is 5.32 Å². The third kappa shape index (κ3) is 3.43. The van der Waals surface area contributed by atoms with E-state index in [1.807, 2.05) is 0 Å². The Bertz CT molecular complexity index is 363. The quantitative estimate of drug-likeness (QED) is 0.852. The molecule has 1 aromatic carbocycles. The van der Waals surface area contributed by atoms with Gasteiger partial charge < -0.3 is 5.32 Å². The highest BCUT2D eigenvalue weighted by molar-refractivity contribution is 9.10. The Balaban J connectivity index is 2.90. The number of halogens is 4. The Hall–Kier alpha value is -0.680. The van der Waals surface area contributed by atoms with E-state index in [9.17, 15) is 13.6 Å². The third-order valence-electron chi connectivity index (χ3n) is 1.59. The summed E-state index contributed by atoms with van der Waals surface area (Å²) in [6.07, 6.45) is 0.0104. The maximum Gasteiger partial charge on any atom is 0.225 e. The van der Waals surface area contributed by atoms with Gasteiger partial charge >= 0.3 is 0 Å². The molecule has 0 spiro atoms. The van der Waals surface area contributed by atoms with Gasteiger partial charge in [0, 0.05) is 16.8 Å². The average Bonchev–Trinajstić information content (AvgIpc) is 2.11. The van der Waals surface area contributed by atoms with E-state index in [0.29, 0.717) is 0 Å². The van der Waals surface area contributed by atoms with Crippen LogP contribution in [0.15, 0.2) is 16.6 Å². The van der Waals surface area contributed by atoms with Crippen LogP contribution in [-0.4, -0.2) is 11.8 Å². The van der Waals surface area contributed by atoms with Gasteiger partial charge in [-0.05, 0) is 12.1 Å². The van der Waals surface area contributed by atoms with E-state index < -0.39 is 23.2 Å². The van der Waals surface area contributed by atoms with Crippen LogP contribution in [0, 0.1) is 11.6 Å². The highest BCUT2D eigenvalue weighted by atomic mass is 79.9. The Kier molecular flexibility index (Phi) is 4.47. The second-order valence-electron chi connectivity index (χ2n) is 2.73. The maximum absolute atomic E-state index is 13.2. The predicted molar refractivity (Wildman–Crippen MR) is 58.0 cm³/mol. The summed E-state index contributed by atoms with van der Waals surface area (Å²) < 4.78 is 26.7. The Morgan fingerprint density at radius 3 is 2.40 bits per heavy atom. The summed E-state index contributed by atoms with van der Waals surface area (Å²) in [6.45, 7) is 0. The zero-order valence-electron chi connectivity index (χ0n) is 7.49. The number of hydrogen-bond donors (Lipinski definition) is 1. The highest BCUT2D eigenvalue weighted by Gasteiger charge is 2.12. The Morgan fingerprint density at radius 2 is 1.93 bits per heavy atom. The average molecular weight is 299 g/mol. The van der Waals surface area contributed by atoms with E-state index in [4.69, 9.17) is 11.6 Å². The van der Waals surface area contributed by atoms with Crippen LogP contribution in [0.3, 0.4) is 0 Å². The summed E-state index contributed by atoms with van der Waals surface area (Å²) >= 11 is 8.24. The number of alkyl halides is 1. The van der Waals surface area contributed by atoms with Crippen molar-refractivity contribution < 1.29 is 13.6 Å². The molecule has 6 heteroatoms. The zero-order chi connectivity index (χ0) is 11.4. The van der Waals surface area contributed by atoms with Crippen LogP contribution >= 0.6 is 27.5 Å². The maximum atomic E-state index is 13.2. The molecule has 1 N–H and O–H groups in total. The van der Waals surface area contributed by atoms with Gasteiger partial charge in [-0.2, -0.15) is 0 Å². The molecule has 0 aliphatic rings. The van der Waals surface area contributed by atoms with E-state index in [0.717, 1.165) is 12.1 Å². The van der Waals surface area contributed by atoms with E-state index in [1.165, 1.54) is 0 Å². The number of nitrogens with one attached hydrogen (secondary N) is 1. The first-order valence-electron chi connectivity index (χ1n) is 4.05. The molecule has 1 rings (SSSR count). The lowest BCUT2D eigenvalue weighted by Crippen LogP contribution is -2.14. The standard InChI is InChI=1S/C9H7BrClF2NO/c10-5-3-6(12)9(7(13)4-5)14-8(15)1-2-11/h3-4H,1-2H2,(H,14,15). The first kappa shape index (κ1) is 12.4. The van der Waals surface area contributed by atoms with Gasteiger partial charge in [0.05, 0.1) is 0 Å². The van der Waals surface area contributed by atoms with E-state index in [2.05, 4.69) is 21.2 Å². The molecule has 0 aromatic heterocycles. The van der Waals surface area contributed by atoms with E-state index in [-0.39, 0.29) is 16.8 Å². The lowest BCUT2D eigenvalue weighted by atomic mass is 10.3. The second kappa shape index (κ2) is 5.42.